The molecular formula is C32H33NO8. The molecule has 0 unspecified atom stereocenters. The number of aldehydes is 1. The van der Waals surface area contributed by atoms with Gasteiger partial charge in [0.05, 0.1) is 12.7 Å². The maximum Gasteiger partial charge on any atom is 0.339 e. The molecule has 0 radical (unpaired) electrons. The molecule has 1 aliphatic carbocycles. The van der Waals surface area contributed by atoms with Crippen molar-refractivity contribution in [3.8, 4) is 17.2 Å². The molecule has 0 saturated heterocycles. The molecule has 5 rings (SSSR count). The molecule has 0 saturated carbocycles. The molecule has 1 heterocycles. The average molecular weight is 560 g/mol. The third-order valence-electron chi connectivity index (χ3n) is 8.13. The van der Waals surface area contributed by atoms with Gasteiger partial charge in [-0.25, -0.2) is 4.79 Å². The molecule has 0 spiro atoms. The first-order chi connectivity index (χ1) is 19.6. The molecule has 3 aromatic rings. The second-order valence-electron chi connectivity index (χ2n) is 10.7. The van der Waals surface area contributed by atoms with Crippen LogP contribution in [0.2, 0.25) is 0 Å². The number of fused-ring (bicyclic) bond motifs is 5. The smallest absolute Gasteiger partial charge is 0.339 e. The lowest BCUT2D eigenvalue weighted by molar-refractivity contribution is -0.105. The van der Waals surface area contributed by atoms with Gasteiger partial charge in [-0.05, 0) is 54.3 Å². The third-order valence-corrected chi connectivity index (χ3v) is 8.13. The van der Waals surface area contributed by atoms with Gasteiger partial charge in [-0.15, -0.1) is 11.8 Å². The second-order valence-corrected chi connectivity index (χ2v) is 10.7. The number of rotatable bonds is 9. The van der Waals surface area contributed by atoms with Crippen molar-refractivity contribution in [3.63, 3.8) is 0 Å². The lowest BCUT2D eigenvalue weighted by atomic mass is 9.64. The molecule has 2 aliphatic rings. The van der Waals surface area contributed by atoms with Crippen molar-refractivity contribution in [2.45, 2.75) is 39.2 Å². The zero-order valence-electron chi connectivity index (χ0n) is 23.3. The van der Waals surface area contributed by atoms with E-state index in [1.165, 1.54) is 19.2 Å². The summed E-state index contributed by atoms with van der Waals surface area (Å²) >= 11 is 0. The SMILES string of the molecule is C=C[C@@]1(C)CCC=C(C[C@H](C)OC(=O)c2cc3c(c4c2c(N(O)O)cc2c(OC)cccc24)OCO3)[C@@H]1C(=C)C=O. The molecule has 0 bridgehead atoms. The highest BCUT2D eigenvalue weighted by Gasteiger charge is 2.38. The molecule has 0 fully saturated rings. The van der Waals surface area contributed by atoms with E-state index in [-0.39, 0.29) is 40.0 Å². The van der Waals surface area contributed by atoms with E-state index in [0.29, 0.717) is 45.4 Å². The van der Waals surface area contributed by atoms with Gasteiger partial charge in [0.2, 0.25) is 6.79 Å². The number of anilines is 1. The van der Waals surface area contributed by atoms with E-state index in [0.717, 1.165) is 24.7 Å². The summed E-state index contributed by atoms with van der Waals surface area (Å²) in [5, 5.41) is 22.4. The Labute approximate surface area is 237 Å². The maximum absolute atomic E-state index is 13.8. The van der Waals surface area contributed by atoms with Crippen LogP contribution in [0.1, 0.15) is 43.5 Å². The van der Waals surface area contributed by atoms with E-state index in [4.69, 9.17) is 18.9 Å². The highest BCUT2D eigenvalue weighted by atomic mass is 16.8. The summed E-state index contributed by atoms with van der Waals surface area (Å²) in [6, 6.07) is 8.39. The molecule has 3 atom stereocenters. The third kappa shape index (κ3) is 4.81. The van der Waals surface area contributed by atoms with E-state index in [1.807, 2.05) is 12.1 Å². The van der Waals surface area contributed by atoms with E-state index >= 15 is 0 Å². The van der Waals surface area contributed by atoms with Gasteiger partial charge in [0.15, 0.2) is 11.5 Å². The fourth-order valence-electron chi connectivity index (χ4n) is 6.21. The molecule has 9 heteroatoms. The van der Waals surface area contributed by atoms with Crippen molar-refractivity contribution in [1.29, 1.82) is 0 Å². The van der Waals surface area contributed by atoms with Gasteiger partial charge in [0, 0.05) is 28.5 Å². The fourth-order valence-corrected chi connectivity index (χ4v) is 6.21. The standard InChI is InChI=1S/C32H33NO8/c1-6-32(4)12-8-9-20(29(32)18(2)16-34)13-19(3)41-31(35)23-15-26-30(40-17-39-26)28-21-10-7-11-25(38-5)22(21)14-24(27(23)28)33(36)37/h6-7,9-11,14-16,19,29,36-37H,1-2,8,12-13,17H2,3-5H3/t19-,29-,32-/m0/s1. The quantitative estimate of drug-likeness (QED) is 0.0753. The van der Waals surface area contributed by atoms with Crippen molar-refractivity contribution in [2.24, 2.45) is 11.3 Å². The van der Waals surface area contributed by atoms with Crippen molar-refractivity contribution >= 4 is 39.5 Å². The van der Waals surface area contributed by atoms with Gasteiger partial charge in [0.25, 0.3) is 0 Å². The molecule has 9 nitrogen and oxygen atoms in total. The Balaban J connectivity index is 1.57. The van der Waals surface area contributed by atoms with Gasteiger partial charge >= 0.3 is 5.97 Å². The van der Waals surface area contributed by atoms with E-state index in [1.54, 1.807) is 19.1 Å². The molecule has 0 amide bonds. The number of ether oxygens (including phenoxy) is 4. The summed E-state index contributed by atoms with van der Waals surface area (Å²) in [5.41, 5.74) is 1.08. The average Bonchev–Trinajstić information content (AvgIpc) is 3.44. The lowest BCUT2D eigenvalue weighted by Crippen LogP contribution is -2.33. The summed E-state index contributed by atoms with van der Waals surface area (Å²) in [4.78, 5) is 25.5. The van der Waals surface area contributed by atoms with Gasteiger partial charge in [-0.2, -0.15) is 0 Å². The van der Waals surface area contributed by atoms with Crippen LogP contribution in [0.5, 0.6) is 17.2 Å². The minimum atomic E-state index is -0.681. The number of benzene rings is 3. The first kappa shape index (κ1) is 28.2. The van der Waals surface area contributed by atoms with Crippen LogP contribution >= 0.6 is 0 Å². The van der Waals surface area contributed by atoms with Crippen LogP contribution in [0.15, 0.2) is 66.8 Å². The monoisotopic (exact) mass is 559 g/mol. The molecule has 2 N–H and O–H groups in total. The van der Waals surface area contributed by atoms with Gasteiger partial charge in [-0.3, -0.25) is 15.2 Å². The largest absolute Gasteiger partial charge is 0.496 e. The van der Waals surface area contributed by atoms with Crippen LogP contribution in [0.4, 0.5) is 5.69 Å². The molecule has 1 aliphatic heterocycles. The Morgan fingerprint density at radius 2 is 2.02 bits per heavy atom. The predicted octanol–water partition coefficient (Wildman–Crippen LogP) is 6.53. The van der Waals surface area contributed by atoms with Gasteiger partial charge in [-0.1, -0.05) is 43.4 Å². The summed E-state index contributed by atoms with van der Waals surface area (Å²) < 4.78 is 22.9. The van der Waals surface area contributed by atoms with Crippen molar-refractivity contribution < 1.29 is 39.0 Å². The minimum Gasteiger partial charge on any atom is -0.496 e. The van der Waals surface area contributed by atoms with Gasteiger partial charge < -0.3 is 18.9 Å². The molecule has 3 aromatic carbocycles. The minimum absolute atomic E-state index is 0.0325. The fraction of sp³-hybridized carbons (Fsp3) is 0.312. The Morgan fingerprint density at radius 3 is 2.71 bits per heavy atom. The number of esters is 1. The normalized spacial score (nSPS) is 20.3. The maximum atomic E-state index is 13.8. The Bertz CT molecular complexity index is 1610. The van der Waals surface area contributed by atoms with Crippen molar-refractivity contribution in [1.82, 2.24) is 0 Å². The highest BCUT2D eigenvalue weighted by Crippen LogP contribution is 2.50. The highest BCUT2D eigenvalue weighted by molar-refractivity contribution is 6.23. The van der Waals surface area contributed by atoms with Crippen LogP contribution in [0.3, 0.4) is 0 Å². The summed E-state index contributed by atoms with van der Waals surface area (Å²) in [5.74, 6) is 0.280. The number of methoxy groups -OCH3 is 1. The number of hydrogen-bond acceptors (Lipinski definition) is 9. The summed E-state index contributed by atoms with van der Waals surface area (Å²) in [7, 11) is 1.52. The Kier molecular flexibility index (Phi) is 7.50. The zero-order chi connectivity index (χ0) is 29.5. The van der Waals surface area contributed by atoms with Crippen LogP contribution < -0.4 is 19.4 Å². The topological polar surface area (TPSA) is 115 Å². The van der Waals surface area contributed by atoms with Crippen molar-refractivity contribution in [2.75, 3.05) is 19.1 Å². The van der Waals surface area contributed by atoms with Crippen LogP contribution in [0.25, 0.3) is 21.5 Å². The number of carbonyl (C=O) groups is 2. The van der Waals surface area contributed by atoms with E-state index < -0.39 is 12.1 Å². The Hall–Kier alpha value is -4.34. The number of carbonyl (C=O) groups excluding carboxylic acids is 2. The van der Waals surface area contributed by atoms with E-state index in [2.05, 4.69) is 26.2 Å². The molecule has 41 heavy (non-hydrogen) atoms. The number of hydrogen-bond donors (Lipinski definition) is 2. The predicted molar refractivity (Wildman–Crippen MR) is 154 cm³/mol. The molecule has 214 valence electrons. The molecular weight excluding hydrogens is 526 g/mol. The first-order valence-corrected chi connectivity index (χ1v) is 13.3. The summed E-state index contributed by atoms with van der Waals surface area (Å²) in [6.07, 6.45) is 6.16. The van der Waals surface area contributed by atoms with Gasteiger partial charge in [0.1, 0.15) is 23.8 Å². The number of allylic oxidation sites excluding steroid dienone is 3. The summed E-state index contributed by atoms with van der Waals surface area (Å²) in [6.45, 7) is 11.7. The first-order valence-electron chi connectivity index (χ1n) is 13.3. The van der Waals surface area contributed by atoms with Crippen LogP contribution in [-0.4, -0.2) is 42.7 Å². The van der Waals surface area contributed by atoms with Crippen LogP contribution in [0, 0.1) is 11.3 Å². The van der Waals surface area contributed by atoms with Crippen LogP contribution in [-0.2, 0) is 9.53 Å². The lowest BCUT2D eigenvalue weighted by Gasteiger charge is -2.40. The Morgan fingerprint density at radius 1 is 1.24 bits per heavy atom. The molecule has 0 aromatic heterocycles. The zero-order valence-corrected chi connectivity index (χ0v) is 23.3. The second kappa shape index (κ2) is 10.9. The van der Waals surface area contributed by atoms with E-state index in [9.17, 15) is 20.0 Å². The van der Waals surface area contributed by atoms with Crippen molar-refractivity contribution in [3.05, 3.63) is 72.4 Å². The number of nitrogens with zero attached hydrogens (tertiary/aromatic N) is 1.